The zero-order valence-electron chi connectivity index (χ0n) is 15.2. The molecule has 7 nitrogen and oxygen atoms in total. The number of hydrazine groups is 1. The summed E-state index contributed by atoms with van der Waals surface area (Å²) in [6.45, 7) is 3.36. The van der Waals surface area contributed by atoms with Gasteiger partial charge in [0.25, 0.3) is 11.8 Å². The van der Waals surface area contributed by atoms with E-state index in [1.165, 1.54) is 36.6 Å². The van der Waals surface area contributed by atoms with Crippen molar-refractivity contribution in [1.82, 2.24) is 15.2 Å². The van der Waals surface area contributed by atoms with Gasteiger partial charge in [-0.15, -0.1) is 11.3 Å². The first-order valence-corrected chi connectivity index (χ1v) is 10.4. The number of nitrogens with zero attached hydrogens (tertiary/aromatic N) is 1. The van der Waals surface area contributed by atoms with Crippen LogP contribution in [-0.4, -0.2) is 38.1 Å². The van der Waals surface area contributed by atoms with Gasteiger partial charge in [0.1, 0.15) is 0 Å². The predicted molar refractivity (Wildman–Crippen MR) is 105 cm³/mol. The first-order valence-electron chi connectivity index (χ1n) is 8.04. The largest absolute Gasteiger partial charge is 0.272 e. The van der Waals surface area contributed by atoms with Gasteiger partial charge in [-0.1, -0.05) is 17.7 Å². The van der Waals surface area contributed by atoms with Gasteiger partial charge in [0.05, 0.1) is 11.4 Å². The molecule has 0 spiro atoms. The lowest BCUT2D eigenvalue weighted by molar-refractivity contribution is -0.126. The fourth-order valence-electron chi connectivity index (χ4n) is 2.10. The highest BCUT2D eigenvalue weighted by atomic mass is 32.2. The van der Waals surface area contributed by atoms with Crippen LogP contribution in [0.5, 0.6) is 0 Å². The highest BCUT2D eigenvalue weighted by Gasteiger charge is 2.22. The molecular formula is C18H21N3O4S2. The summed E-state index contributed by atoms with van der Waals surface area (Å²) in [5.41, 5.74) is 6.41. The molecule has 0 aliphatic heterocycles. The summed E-state index contributed by atoms with van der Waals surface area (Å²) >= 11 is 1.50. The number of rotatable bonds is 6. The minimum atomic E-state index is -3.79. The van der Waals surface area contributed by atoms with E-state index in [2.05, 4.69) is 10.9 Å². The summed E-state index contributed by atoms with van der Waals surface area (Å²) in [6.07, 6.45) is 2.95. The Morgan fingerprint density at radius 2 is 1.78 bits per heavy atom. The van der Waals surface area contributed by atoms with Crippen LogP contribution in [0.4, 0.5) is 0 Å². The molecule has 144 valence electrons. The monoisotopic (exact) mass is 407 g/mol. The molecule has 0 atom stereocenters. The Balaban J connectivity index is 1.87. The molecule has 0 saturated heterocycles. The van der Waals surface area contributed by atoms with E-state index in [0.29, 0.717) is 0 Å². The minimum absolute atomic E-state index is 0.0988. The van der Waals surface area contributed by atoms with Crippen LogP contribution in [0.3, 0.4) is 0 Å². The lowest BCUT2D eigenvalue weighted by Gasteiger charge is -2.17. The van der Waals surface area contributed by atoms with Crippen LogP contribution in [0.15, 0.2) is 46.7 Å². The number of aryl methyl sites for hydroxylation is 2. The van der Waals surface area contributed by atoms with E-state index in [1.54, 1.807) is 18.2 Å². The van der Waals surface area contributed by atoms with Crippen molar-refractivity contribution in [1.29, 1.82) is 0 Å². The SMILES string of the molecule is Cc1ccc(S(=O)(=O)N(C)CC(=O)NNC(=O)C=Cc2sccc2C)cc1. The molecule has 2 rings (SSSR count). The zero-order valence-corrected chi connectivity index (χ0v) is 16.9. The van der Waals surface area contributed by atoms with Crippen molar-refractivity contribution in [3.8, 4) is 0 Å². The molecule has 0 radical (unpaired) electrons. The first-order chi connectivity index (χ1) is 12.7. The maximum atomic E-state index is 12.4. The molecule has 2 amide bonds. The van der Waals surface area contributed by atoms with E-state index in [4.69, 9.17) is 0 Å². The van der Waals surface area contributed by atoms with Gasteiger partial charge < -0.3 is 0 Å². The Kier molecular flexibility index (Phi) is 6.89. The second-order valence-electron chi connectivity index (χ2n) is 5.91. The molecule has 0 aliphatic rings. The van der Waals surface area contributed by atoms with Crippen molar-refractivity contribution in [3.63, 3.8) is 0 Å². The topological polar surface area (TPSA) is 95.6 Å². The summed E-state index contributed by atoms with van der Waals surface area (Å²) in [7, 11) is -2.49. The average Bonchev–Trinajstić information content (AvgIpc) is 3.03. The smallest absolute Gasteiger partial charge is 0.262 e. The third-order valence-corrected chi connectivity index (χ3v) is 6.51. The van der Waals surface area contributed by atoms with Gasteiger partial charge in [0, 0.05) is 18.0 Å². The van der Waals surface area contributed by atoms with Crippen LogP contribution in [0, 0.1) is 13.8 Å². The van der Waals surface area contributed by atoms with Crippen molar-refractivity contribution >= 4 is 39.3 Å². The van der Waals surface area contributed by atoms with Crippen LogP contribution in [0.2, 0.25) is 0 Å². The van der Waals surface area contributed by atoms with Crippen LogP contribution in [0.25, 0.3) is 6.08 Å². The van der Waals surface area contributed by atoms with Gasteiger partial charge in [-0.05, 0) is 49.1 Å². The van der Waals surface area contributed by atoms with Crippen molar-refractivity contribution < 1.29 is 18.0 Å². The highest BCUT2D eigenvalue weighted by Crippen LogP contribution is 2.17. The molecule has 1 aromatic heterocycles. The quantitative estimate of drug-likeness (QED) is 0.564. The molecule has 0 aliphatic carbocycles. The molecule has 9 heteroatoms. The standard InChI is InChI=1S/C18H21N3O4S2/c1-13-4-6-15(7-5-13)27(24,25)21(3)12-18(23)20-19-17(22)9-8-16-14(2)10-11-26-16/h4-11H,12H2,1-3H3,(H,19,22)(H,20,23). The number of nitrogens with one attached hydrogen (secondary N) is 2. The van der Waals surface area contributed by atoms with E-state index < -0.39 is 28.4 Å². The molecule has 1 heterocycles. The average molecular weight is 408 g/mol. The lowest BCUT2D eigenvalue weighted by atomic mass is 10.2. The minimum Gasteiger partial charge on any atom is -0.272 e. The highest BCUT2D eigenvalue weighted by molar-refractivity contribution is 7.89. The Labute approximate surface area is 162 Å². The summed E-state index contributed by atoms with van der Waals surface area (Å²) in [4.78, 5) is 24.7. The molecule has 0 bridgehead atoms. The lowest BCUT2D eigenvalue weighted by Crippen LogP contribution is -2.46. The number of thiophene rings is 1. The Hall–Kier alpha value is -2.49. The van der Waals surface area contributed by atoms with Crippen LogP contribution in [0.1, 0.15) is 16.0 Å². The third kappa shape index (κ3) is 5.75. The van der Waals surface area contributed by atoms with Gasteiger partial charge in [0.15, 0.2) is 0 Å². The molecule has 27 heavy (non-hydrogen) atoms. The number of sulfonamides is 1. The normalized spacial score (nSPS) is 11.7. The van der Waals surface area contributed by atoms with Gasteiger partial charge in [-0.3, -0.25) is 20.4 Å². The van der Waals surface area contributed by atoms with E-state index in [0.717, 1.165) is 20.3 Å². The molecule has 0 fully saturated rings. The number of hydrogen-bond donors (Lipinski definition) is 2. The summed E-state index contributed by atoms with van der Waals surface area (Å²) in [5, 5.41) is 1.92. The van der Waals surface area contributed by atoms with Gasteiger partial charge >= 0.3 is 0 Å². The fourth-order valence-corrected chi connectivity index (χ4v) is 4.04. The second-order valence-corrected chi connectivity index (χ2v) is 8.91. The van der Waals surface area contributed by atoms with Crippen LogP contribution >= 0.6 is 11.3 Å². The zero-order chi connectivity index (χ0) is 20.0. The Morgan fingerprint density at radius 3 is 2.37 bits per heavy atom. The molecule has 0 saturated carbocycles. The van der Waals surface area contributed by atoms with Gasteiger partial charge in [-0.25, -0.2) is 8.42 Å². The van der Waals surface area contributed by atoms with Crippen LogP contribution < -0.4 is 10.9 Å². The summed E-state index contributed by atoms with van der Waals surface area (Å²) in [6, 6.07) is 8.27. The molecule has 1 aromatic carbocycles. The molecule has 2 N–H and O–H groups in total. The maximum Gasteiger partial charge on any atom is 0.262 e. The predicted octanol–water partition coefficient (Wildman–Crippen LogP) is 1.85. The van der Waals surface area contributed by atoms with Crippen LogP contribution in [-0.2, 0) is 19.6 Å². The van der Waals surface area contributed by atoms with Crippen molar-refractivity contribution in [2.75, 3.05) is 13.6 Å². The number of likely N-dealkylation sites (N-methyl/N-ethyl adjacent to an activating group) is 1. The summed E-state index contributed by atoms with van der Waals surface area (Å²) in [5.74, 6) is -1.16. The van der Waals surface area contributed by atoms with Crippen molar-refractivity contribution in [2.45, 2.75) is 18.7 Å². The van der Waals surface area contributed by atoms with Gasteiger partial charge in [0.2, 0.25) is 10.0 Å². The third-order valence-electron chi connectivity index (χ3n) is 3.71. The summed E-state index contributed by atoms with van der Waals surface area (Å²) < 4.78 is 25.8. The molecule has 0 unspecified atom stereocenters. The van der Waals surface area contributed by atoms with E-state index in [1.807, 2.05) is 25.3 Å². The molecular weight excluding hydrogens is 386 g/mol. The number of carbonyl (C=O) groups excluding carboxylic acids is 2. The Morgan fingerprint density at radius 1 is 1.11 bits per heavy atom. The molecule has 2 aromatic rings. The number of carbonyl (C=O) groups is 2. The van der Waals surface area contributed by atoms with E-state index in [-0.39, 0.29) is 4.90 Å². The van der Waals surface area contributed by atoms with E-state index >= 15 is 0 Å². The van der Waals surface area contributed by atoms with E-state index in [9.17, 15) is 18.0 Å². The van der Waals surface area contributed by atoms with Gasteiger partial charge in [-0.2, -0.15) is 4.31 Å². The van der Waals surface area contributed by atoms with Crippen molar-refractivity contribution in [3.05, 3.63) is 57.8 Å². The number of benzene rings is 1. The van der Waals surface area contributed by atoms with Crippen molar-refractivity contribution in [2.24, 2.45) is 0 Å². The number of amides is 2. The fraction of sp³-hybridized carbons (Fsp3) is 0.222. The Bertz CT molecular complexity index is 947. The first kappa shape index (κ1) is 20.8. The number of hydrogen-bond acceptors (Lipinski definition) is 5. The maximum absolute atomic E-state index is 12.4. The second kappa shape index (κ2) is 8.94.